The van der Waals surface area contributed by atoms with Gasteiger partial charge in [-0.15, -0.1) is 0 Å². The zero-order valence-corrected chi connectivity index (χ0v) is 18.0. The zero-order valence-electron chi connectivity index (χ0n) is 16.4. The Morgan fingerprint density at radius 1 is 1.00 bits per heavy atom. The van der Waals surface area contributed by atoms with E-state index in [4.69, 9.17) is 9.47 Å². The Morgan fingerprint density at radius 3 is 2.46 bits per heavy atom. The number of sulfonamides is 1. The number of aryl methyl sites for hydroxylation is 3. The Kier molecular flexibility index (Phi) is 5.33. The Balaban J connectivity index is 1.55. The summed E-state index contributed by atoms with van der Waals surface area (Å²) in [4.78, 5) is 0.463. The van der Waals surface area contributed by atoms with Crippen molar-refractivity contribution in [2.75, 3.05) is 25.6 Å². The van der Waals surface area contributed by atoms with Crippen LogP contribution in [0.4, 0.5) is 0 Å². The zero-order chi connectivity index (χ0) is 19.9. The average Bonchev–Trinajstić information content (AvgIpc) is 2.94. The number of rotatable bonds is 3. The molecule has 2 aliphatic heterocycles. The maximum Gasteiger partial charge on any atom is 0.243 e. The first kappa shape index (κ1) is 19.6. The van der Waals surface area contributed by atoms with Gasteiger partial charge in [0.05, 0.1) is 4.90 Å². The lowest BCUT2D eigenvalue weighted by atomic mass is 10.1. The topological polar surface area (TPSA) is 55.8 Å². The lowest BCUT2D eigenvalue weighted by Crippen LogP contribution is -2.34. The molecule has 0 spiro atoms. The van der Waals surface area contributed by atoms with Gasteiger partial charge in [-0.2, -0.15) is 16.1 Å². The molecule has 0 bridgehead atoms. The maximum absolute atomic E-state index is 13.4. The van der Waals surface area contributed by atoms with Gasteiger partial charge in [-0.25, -0.2) is 8.42 Å². The first-order chi connectivity index (χ1) is 13.4. The van der Waals surface area contributed by atoms with Gasteiger partial charge in [-0.3, -0.25) is 0 Å². The summed E-state index contributed by atoms with van der Waals surface area (Å²) in [6, 6.07) is 9.92. The van der Waals surface area contributed by atoms with Crippen molar-refractivity contribution in [1.29, 1.82) is 0 Å². The van der Waals surface area contributed by atoms with E-state index in [1.807, 2.05) is 45.0 Å². The number of thioether (sulfide) groups is 1. The van der Waals surface area contributed by atoms with Gasteiger partial charge in [0.2, 0.25) is 16.8 Å². The molecular weight excluding hydrogens is 394 g/mol. The lowest BCUT2D eigenvalue weighted by molar-refractivity contribution is 0.174. The van der Waals surface area contributed by atoms with Crippen LogP contribution in [-0.4, -0.2) is 38.4 Å². The molecule has 1 atom stereocenters. The van der Waals surface area contributed by atoms with Crippen LogP contribution in [0.25, 0.3) is 0 Å². The number of hydrogen-bond donors (Lipinski definition) is 0. The monoisotopic (exact) mass is 419 g/mol. The normalized spacial score (nSPS) is 20.2. The Hall–Kier alpha value is -1.70. The molecule has 0 amide bonds. The van der Waals surface area contributed by atoms with Gasteiger partial charge in [0.25, 0.3) is 0 Å². The molecule has 0 saturated carbocycles. The second kappa shape index (κ2) is 7.61. The second-order valence-electron chi connectivity index (χ2n) is 7.39. The Morgan fingerprint density at radius 2 is 1.71 bits per heavy atom. The predicted octanol–water partition coefficient (Wildman–Crippen LogP) is 4.21. The third-order valence-corrected chi connectivity index (χ3v) is 8.80. The maximum atomic E-state index is 13.4. The van der Waals surface area contributed by atoms with Crippen LogP contribution in [0.15, 0.2) is 35.2 Å². The first-order valence-corrected chi connectivity index (χ1v) is 11.9. The van der Waals surface area contributed by atoms with Gasteiger partial charge < -0.3 is 9.47 Å². The Labute approximate surface area is 171 Å². The molecule has 1 unspecified atom stereocenters. The smallest absolute Gasteiger partial charge is 0.243 e. The van der Waals surface area contributed by atoms with E-state index in [1.54, 1.807) is 16.1 Å². The minimum absolute atomic E-state index is 0.245. The Bertz CT molecular complexity index is 980. The molecule has 0 N–H and O–H groups in total. The van der Waals surface area contributed by atoms with E-state index < -0.39 is 10.0 Å². The van der Waals surface area contributed by atoms with Crippen LogP contribution in [0.3, 0.4) is 0 Å². The molecule has 0 radical (unpaired) electrons. The van der Waals surface area contributed by atoms with Gasteiger partial charge >= 0.3 is 0 Å². The van der Waals surface area contributed by atoms with Crippen molar-refractivity contribution < 1.29 is 17.9 Å². The molecule has 0 aromatic heterocycles. The average molecular weight is 420 g/mol. The quantitative estimate of drug-likeness (QED) is 0.746. The number of fused-ring (bicyclic) bond motifs is 1. The van der Waals surface area contributed by atoms with Gasteiger partial charge in [0.15, 0.2) is 11.5 Å². The highest BCUT2D eigenvalue weighted by atomic mass is 32.2. The molecule has 28 heavy (non-hydrogen) atoms. The van der Waals surface area contributed by atoms with E-state index in [2.05, 4.69) is 6.07 Å². The van der Waals surface area contributed by atoms with Crippen molar-refractivity contribution in [3.8, 4) is 11.5 Å². The van der Waals surface area contributed by atoms with Gasteiger partial charge in [-0.1, -0.05) is 23.8 Å². The summed E-state index contributed by atoms with van der Waals surface area (Å²) >= 11 is 1.81. The first-order valence-electron chi connectivity index (χ1n) is 9.45. The van der Waals surface area contributed by atoms with Gasteiger partial charge in [0, 0.05) is 24.1 Å². The van der Waals surface area contributed by atoms with Crippen molar-refractivity contribution in [2.45, 2.75) is 37.3 Å². The van der Waals surface area contributed by atoms with E-state index in [0.29, 0.717) is 18.0 Å². The molecule has 5 nitrogen and oxygen atoms in total. The van der Waals surface area contributed by atoms with Crippen molar-refractivity contribution in [3.63, 3.8) is 0 Å². The summed E-state index contributed by atoms with van der Waals surface area (Å²) in [6.07, 6.45) is 0.771. The lowest BCUT2D eigenvalue weighted by Gasteiger charge is -2.22. The highest BCUT2D eigenvalue weighted by molar-refractivity contribution is 7.99. The molecule has 1 fully saturated rings. The number of ether oxygens (including phenoxy) is 2. The fourth-order valence-electron chi connectivity index (χ4n) is 4.07. The summed E-state index contributed by atoms with van der Waals surface area (Å²) in [6.45, 7) is 7.07. The molecule has 2 heterocycles. The number of nitrogens with zero attached hydrogens (tertiary/aromatic N) is 1. The molecule has 0 aliphatic carbocycles. The standard InChI is InChI=1S/C21H25NO4S2/c1-14-10-15(2)21(16(3)11-14)28(23,24)22-7-6-20(27-9-8-22)17-4-5-18-19(12-17)26-13-25-18/h4-5,10-12,20H,6-9,13H2,1-3H3. The molecule has 7 heteroatoms. The summed E-state index contributed by atoms with van der Waals surface area (Å²) in [5.74, 6) is 2.32. The SMILES string of the molecule is Cc1cc(C)c(S(=O)(=O)N2CCSC(c3ccc4c(c3)OCO4)CC2)c(C)c1. The van der Waals surface area contributed by atoms with E-state index >= 15 is 0 Å². The van der Waals surface area contributed by atoms with E-state index in [1.165, 1.54) is 0 Å². The third kappa shape index (κ3) is 3.63. The van der Waals surface area contributed by atoms with Crippen molar-refractivity contribution >= 4 is 21.8 Å². The van der Waals surface area contributed by atoms with Crippen LogP contribution in [0.2, 0.25) is 0 Å². The minimum Gasteiger partial charge on any atom is -0.454 e. The highest BCUT2D eigenvalue weighted by Crippen LogP contribution is 2.41. The van der Waals surface area contributed by atoms with Gasteiger partial charge in [-0.05, 0) is 56.0 Å². The molecule has 2 aromatic carbocycles. The largest absolute Gasteiger partial charge is 0.454 e. The van der Waals surface area contributed by atoms with E-state index in [-0.39, 0.29) is 12.0 Å². The summed E-state index contributed by atoms with van der Waals surface area (Å²) in [7, 11) is -3.50. The van der Waals surface area contributed by atoms with E-state index in [0.717, 1.165) is 45.9 Å². The summed E-state index contributed by atoms with van der Waals surface area (Å²) < 4.78 is 39.3. The molecule has 150 valence electrons. The second-order valence-corrected chi connectivity index (χ2v) is 10.6. The molecular formula is C21H25NO4S2. The summed E-state index contributed by atoms with van der Waals surface area (Å²) in [5, 5.41) is 0.245. The van der Waals surface area contributed by atoms with Crippen LogP contribution < -0.4 is 9.47 Å². The predicted molar refractivity (Wildman–Crippen MR) is 112 cm³/mol. The third-order valence-electron chi connectivity index (χ3n) is 5.27. The highest BCUT2D eigenvalue weighted by Gasteiger charge is 2.31. The fourth-order valence-corrected chi connectivity index (χ4v) is 7.28. The number of benzene rings is 2. The minimum atomic E-state index is -3.50. The van der Waals surface area contributed by atoms with Crippen LogP contribution in [0, 0.1) is 20.8 Å². The fraction of sp³-hybridized carbons (Fsp3) is 0.429. The van der Waals surface area contributed by atoms with Crippen LogP contribution in [-0.2, 0) is 10.0 Å². The van der Waals surface area contributed by atoms with Gasteiger partial charge in [0.1, 0.15) is 0 Å². The van der Waals surface area contributed by atoms with Crippen molar-refractivity contribution in [2.24, 2.45) is 0 Å². The molecule has 4 rings (SSSR count). The molecule has 1 saturated heterocycles. The molecule has 2 aliphatic rings. The van der Waals surface area contributed by atoms with Crippen LogP contribution >= 0.6 is 11.8 Å². The number of hydrogen-bond acceptors (Lipinski definition) is 5. The molecule has 2 aromatic rings. The summed E-state index contributed by atoms with van der Waals surface area (Å²) in [5.41, 5.74) is 3.89. The van der Waals surface area contributed by atoms with Crippen LogP contribution in [0.1, 0.15) is 33.9 Å². The van der Waals surface area contributed by atoms with Crippen LogP contribution in [0.5, 0.6) is 11.5 Å². The van der Waals surface area contributed by atoms with Crippen molar-refractivity contribution in [1.82, 2.24) is 4.31 Å². The van der Waals surface area contributed by atoms with E-state index in [9.17, 15) is 8.42 Å². The van der Waals surface area contributed by atoms with Crippen molar-refractivity contribution in [3.05, 3.63) is 52.6 Å².